The Bertz CT molecular complexity index is 566. The average Bonchev–Trinajstić information content (AvgIpc) is 2.46. The number of aliphatic hydroxyl groups is 1. The van der Waals surface area contributed by atoms with Crippen molar-refractivity contribution < 1.29 is 9.90 Å². The molecule has 2 aromatic rings. The van der Waals surface area contributed by atoms with E-state index in [1.807, 2.05) is 18.2 Å². The summed E-state index contributed by atoms with van der Waals surface area (Å²) in [6.45, 7) is 1.71. The molecule has 0 saturated carbocycles. The van der Waals surface area contributed by atoms with E-state index in [2.05, 4.69) is 0 Å². The molecular weight excluding hydrogens is 260 g/mol. The lowest BCUT2D eigenvalue weighted by Crippen LogP contribution is -2.19. The predicted molar refractivity (Wildman–Crippen MR) is 76.3 cm³/mol. The minimum absolute atomic E-state index is 0.151. The fourth-order valence-electron chi connectivity index (χ4n) is 1.99. The topological polar surface area (TPSA) is 37.3 Å². The molecule has 19 heavy (non-hydrogen) atoms. The van der Waals surface area contributed by atoms with E-state index in [1.54, 1.807) is 43.3 Å². The van der Waals surface area contributed by atoms with Crippen molar-refractivity contribution in [2.45, 2.75) is 13.0 Å². The molecule has 2 atom stereocenters. The minimum atomic E-state index is -0.829. The highest BCUT2D eigenvalue weighted by atomic mass is 35.5. The Kier molecular flexibility index (Phi) is 4.35. The van der Waals surface area contributed by atoms with E-state index in [1.165, 1.54) is 0 Å². The summed E-state index contributed by atoms with van der Waals surface area (Å²) >= 11 is 6.01. The van der Waals surface area contributed by atoms with E-state index < -0.39 is 12.0 Å². The molecule has 0 amide bonds. The van der Waals surface area contributed by atoms with Gasteiger partial charge in [0.1, 0.15) is 0 Å². The number of ketones is 1. The molecule has 98 valence electrons. The number of halogens is 1. The molecule has 0 spiro atoms. The molecule has 2 nitrogen and oxygen atoms in total. The first-order valence-electron chi connectivity index (χ1n) is 6.13. The molecule has 0 aromatic heterocycles. The van der Waals surface area contributed by atoms with Gasteiger partial charge in [-0.25, -0.2) is 0 Å². The summed E-state index contributed by atoms with van der Waals surface area (Å²) < 4.78 is 0. The zero-order chi connectivity index (χ0) is 13.8. The molecule has 0 fully saturated rings. The number of benzene rings is 2. The van der Waals surface area contributed by atoms with E-state index in [0.29, 0.717) is 10.6 Å². The van der Waals surface area contributed by atoms with Gasteiger partial charge in [-0.3, -0.25) is 4.79 Å². The zero-order valence-electron chi connectivity index (χ0n) is 10.6. The molecule has 0 bridgehead atoms. The van der Waals surface area contributed by atoms with Gasteiger partial charge in [0.05, 0.1) is 11.1 Å². The van der Waals surface area contributed by atoms with Crippen LogP contribution in [0.4, 0.5) is 0 Å². The molecule has 0 radical (unpaired) electrons. The van der Waals surface area contributed by atoms with Gasteiger partial charge < -0.3 is 5.11 Å². The second-order valence-electron chi connectivity index (χ2n) is 4.49. The maximum atomic E-state index is 12.3. The monoisotopic (exact) mass is 274 g/mol. The Labute approximate surface area is 117 Å². The smallest absolute Gasteiger partial charge is 0.170 e. The minimum Gasteiger partial charge on any atom is -0.388 e. The molecule has 0 aliphatic rings. The first kappa shape index (κ1) is 13.8. The number of carbonyl (C=O) groups is 1. The third kappa shape index (κ3) is 3.03. The lowest BCUT2D eigenvalue weighted by atomic mass is 9.90. The van der Waals surface area contributed by atoms with Crippen LogP contribution in [0, 0.1) is 5.92 Å². The van der Waals surface area contributed by atoms with Crippen LogP contribution in [0.25, 0.3) is 0 Å². The number of rotatable bonds is 4. The molecule has 3 heteroatoms. The van der Waals surface area contributed by atoms with E-state index >= 15 is 0 Å². The normalized spacial score (nSPS) is 13.8. The van der Waals surface area contributed by atoms with Crippen LogP contribution in [-0.4, -0.2) is 10.9 Å². The molecule has 0 unspecified atom stereocenters. The van der Waals surface area contributed by atoms with Crippen molar-refractivity contribution in [1.82, 2.24) is 0 Å². The quantitative estimate of drug-likeness (QED) is 0.859. The van der Waals surface area contributed by atoms with Crippen molar-refractivity contribution in [3.63, 3.8) is 0 Å². The third-order valence-electron chi connectivity index (χ3n) is 3.17. The summed E-state index contributed by atoms with van der Waals surface area (Å²) in [5.41, 5.74) is 1.18. The SMILES string of the molecule is C[C@H](C(=O)c1ccccc1Cl)[C@H](O)c1ccccc1. The fraction of sp³-hybridized carbons (Fsp3) is 0.188. The molecule has 2 aromatic carbocycles. The summed E-state index contributed by atoms with van der Waals surface area (Å²) in [5.74, 6) is -0.691. The van der Waals surface area contributed by atoms with Crippen LogP contribution in [0.3, 0.4) is 0 Å². The van der Waals surface area contributed by atoms with E-state index in [9.17, 15) is 9.90 Å². The van der Waals surface area contributed by atoms with Crippen LogP contribution < -0.4 is 0 Å². The van der Waals surface area contributed by atoms with Crippen LogP contribution in [-0.2, 0) is 0 Å². The summed E-state index contributed by atoms with van der Waals surface area (Å²) in [6.07, 6.45) is -0.829. The van der Waals surface area contributed by atoms with Crippen molar-refractivity contribution in [3.05, 3.63) is 70.7 Å². The Balaban J connectivity index is 2.23. The van der Waals surface area contributed by atoms with Gasteiger partial charge in [0.15, 0.2) is 5.78 Å². The summed E-state index contributed by atoms with van der Waals surface area (Å²) in [5, 5.41) is 10.7. The maximum absolute atomic E-state index is 12.3. The van der Waals surface area contributed by atoms with Crippen molar-refractivity contribution in [3.8, 4) is 0 Å². The number of carbonyl (C=O) groups excluding carboxylic acids is 1. The largest absolute Gasteiger partial charge is 0.388 e. The number of hydrogen-bond acceptors (Lipinski definition) is 2. The first-order valence-corrected chi connectivity index (χ1v) is 6.51. The van der Waals surface area contributed by atoms with Gasteiger partial charge >= 0.3 is 0 Å². The third-order valence-corrected chi connectivity index (χ3v) is 3.50. The van der Waals surface area contributed by atoms with Gasteiger partial charge in [-0.1, -0.05) is 61.0 Å². The lowest BCUT2D eigenvalue weighted by molar-refractivity contribution is 0.0714. The molecular formula is C16H15ClO2. The lowest BCUT2D eigenvalue weighted by Gasteiger charge is -2.18. The molecule has 0 saturated heterocycles. The van der Waals surface area contributed by atoms with Crippen LogP contribution in [0.5, 0.6) is 0 Å². The van der Waals surface area contributed by atoms with E-state index in [0.717, 1.165) is 5.56 Å². The van der Waals surface area contributed by atoms with E-state index in [4.69, 9.17) is 11.6 Å². The van der Waals surface area contributed by atoms with Crippen molar-refractivity contribution >= 4 is 17.4 Å². The van der Waals surface area contributed by atoms with Crippen LogP contribution in [0.2, 0.25) is 5.02 Å². The highest BCUT2D eigenvalue weighted by molar-refractivity contribution is 6.34. The van der Waals surface area contributed by atoms with Gasteiger partial charge in [-0.05, 0) is 17.7 Å². The Morgan fingerprint density at radius 1 is 1.05 bits per heavy atom. The summed E-state index contributed by atoms with van der Waals surface area (Å²) in [6, 6.07) is 16.1. The number of Topliss-reactive ketones (excluding diaryl/α,β-unsaturated/α-hetero) is 1. The Morgan fingerprint density at radius 2 is 1.63 bits per heavy atom. The standard InChI is InChI=1S/C16H15ClO2/c1-11(15(18)12-7-3-2-4-8-12)16(19)13-9-5-6-10-14(13)17/h2-11,15,18H,1H3/t11-,15-/m0/s1. The molecule has 2 rings (SSSR count). The van der Waals surface area contributed by atoms with Gasteiger partial charge in [0, 0.05) is 11.5 Å². The van der Waals surface area contributed by atoms with Crippen molar-refractivity contribution in [2.24, 2.45) is 5.92 Å². The Hall–Kier alpha value is -1.64. The van der Waals surface area contributed by atoms with Crippen LogP contribution in [0.1, 0.15) is 28.9 Å². The Morgan fingerprint density at radius 3 is 2.26 bits per heavy atom. The molecule has 0 aliphatic heterocycles. The second-order valence-corrected chi connectivity index (χ2v) is 4.90. The first-order chi connectivity index (χ1) is 9.11. The zero-order valence-corrected chi connectivity index (χ0v) is 11.3. The maximum Gasteiger partial charge on any atom is 0.170 e. The van der Waals surface area contributed by atoms with Crippen LogP contribution >= 0.6 is 11.6 Å². The van der Waals surface area contributed by atoms with Gasteiger partial charge in [0.2, 0.25) is 0 Å². The van der Waals surface area contributed by atoms with Gasteiger partial charge in [-0.2, -0.15) is 0 Å². The highest BCUT2D eigenvalue weighted by Crippen LogP contribution is 2.27. The van der Waals surface area contributed by atoms with Crippen molar-refractivity contribution in [1.29, 1.82) is 0 Å². The van der Waals surface area contributed by atoms with Gasteiger partial charge in [-0.15, -0.1) is 0 Å². The highest BCUT2D eigenvalue weighted by Gasteiger charge is 2.25. The average molecular weight is 275 g/mol. The van der Waals surface area contributed by atoms with Crippen LogP contribution in [0.15, 0.2) is 54.6 Å². The fourth-order valence-corrected chi connectivity index (χ4v) is 2.22. The molecule has 0 heterocycles. The summed E-state index contributed by atoms with van der Waals surface area (Å²) in [7, 11) is 0. The predicted octanol–water partition coefficient (Wildman–Crippen LogP) is 3.89. The second kappa shape index (κ2) is 6.00. The molecule has 1 N–H and O–H groups in total. The van der Waals surface area contributed by atoms with E-state index in [-0.39, 0.29) is 5.78 Å². The number of hydrogen-bond donors (Lipinski definition) is 1. The van der Waals surface area contributed by atoms with Crippen molar-refractivity contribution in [2.75, 3.05) is 0 Å². The number of aliphatic hydroxyl groups excluding tert-OH is 1. The summed E-state index contributed by atoms with van der Waals surface area (Å²) in [4.78, 5) is 12.3. The van der Waals surface area contributed by atoms with Gasteiger partial charge in [0.25, 0.3) is 0 Å². The molecule has 0 aliphatic carbocycles.